The Kier molecular flexibility index (Phi) is 5.17. The Morgan fingerprint density at radius 2 is 1.83 bits per heavy atom. The predicted molar refractivity (Wildman–Crippen MR) is 64.9 cm³/mol. The van der Waals surface area contributed by atoms with E-state index in [9.17, 15) is 9.59 Å². The van der Waals surface area contributed by atoms with Gasteiger partial charge in [-0.2, -0.15) is 0 Å². The van der Waals surface area contributed by atoms with Gasteiger partial charge in [-0.3, -0.25) is 9.59 Å². The minimum absolute atomic E-state index is 0.426. The fraction of sp³-hybridized carbons (Fsp3) is 0.385. The average molecular weight is 252 g/mol. The van der Waals surface area contributed by atoms with Crippen LogP contribution in [-0.4, -0.2) is 28.8 Å². The maximum atomic E-state index is 11.0. The highest BCUT2D eigenvalue weighted by molar-refractivity contribution is 5.82. The third-order valence-corrected chi connectivity index (χ3v) is 2.43. The van der Waals surface area contributed by atoms with Crippen molar-refractivity contribution in [3.8, 4) is 5.75 Å². The van der Waals surface area contributed by atoms with Crippen LogP contribution < -0.4 is 4.74 Å². The van der Waals surface area contributed by atoms with Gasteiger partial charge in [0, 0.05) is 0 Å². The first-order chi connectivity index (χ1) is 8.54. The molecular formula is C13H16O5. The molecule has 1 aromatic rings. The van der Waals surface area contributed by atoms with E-state index >= 15 is 0 Å². The summed E-state index contributed by atoms with van der Waals surface area (Å²) in [5, 5.41) is 17.7. The van der Waals surface area contributed by atoms with E-state index in [1.54, 1.807) is 24.3 Å². The largest absolute Gasteiger partial charge is 0.494 e. The third-order valence-electron chi connectivity index (χ3n) is 2.43. The first-order valence-corrected chi connectivity index (χ1v) is 5.72. The number of carboxylic acid groups (broad SMARTS) is 2. The Balaban J connectivity index is 2.80. The molecule has 0 saturated carbocycles. The van der Waals surface area contributed by atoms with Crippen molar-refractivity contribution in [1.29, 1.82) is 0 Å². The molecule has 0 bridgehead atoms. The fourth-order valence-electron chi connectivity index (χ4n) is 1.54. The van der Waals surface area contributed by atoms with Crippen molar-refractivity contribution in [2.45, 2.75) is 25.7 Å². The van der Waals surface area contributed by atoms with Crippen LogP contribution in [0.3, 0.4) is 0 Å². The monoisotopic (exact) mass is 252 g/mol. The summed E-state index contributed by atoms with van der Waals surface area (Å²) in [6.07, 6.45) is 0.461. The topological polar surface area (TPSA) is 83.8 Å². The lowest BCUT2D eigenvalue weighted by atomic mass is 9.96. The molecule has 0 amide bonds. The zero-order valence-corrected chi connectivity index (χ0v) is 10.1. The first kappa shape index (κ1) is 14.0. The van der Waals surface area contributed by atoms with Gasteiger partial charge in [0.25, 0.3) is 0 Å². The third kappa shape index (κ3) is 4.08. The quantitative estimate of drug-likeness (QED) is 0.776. The van der Waals surface area contributed by atoms with Gasteiger partial charge in [-0.15, -0.1) is 0 Å². The zero-order valence-electron chi connectivity index (χ0n) is 10.1. The van der Waals surface area contributed by atoms with Crippen LogP contribution in [0.4, 0.5) is 0 Å². The molecule has 1 rings (SSSR count). The summed E-state index contributed by atoms with van der Waals surface area (Å²) >= 11 is 0. The van der Waals surface area contributed by atoms with E-state index in [0.717, 1.165) is 6.42 Å². The van der Waals surface area contributed by atoms with Gasteiger partial charge in [-0.25, -0.2) is 0 Å². The molecule has 5 nitrogen and oxygen atoms in total. The molecule has 98 valence electrons. The SMILES string of the molecule is CCCOc1ccc(C(CC(=O)O)C(=O)O)cc1. The van der Waals surface area contributed by atoms with Crippen molar-refractivity contribution < 1.29 is 24.5 Å². The lowest BCUT2D eigenvalue weighted by molar-refractivity contribution is -0.145. The Morgan fingerprint density at radius 1 is 1.22 bits per heavy atom. The summed E-state index contributed by atoms with van der Waals surface area (Å²) in [5.74, 6) is -2.64. The minimum Gasteiger partial charge on any atom is -0.494 e. The van der Waals surface area contributed by atoms with E-state index in [2.05, 4.69) is 0 Å². The van der Waals surface area contributed by atoms with Gasteiger partial charge >= 0.3 is 11.9 Å². The normalized spacial score (nSPS) is 11.8. The van der Waals surface area contributed by atoms with Crippen molar-refractivity contribution in [2.75, 3.05) is 6.61 Å². The average Bonchev–Trinajstić information content (AvgIpc) is 2.34. The molecule has 0 radical (unpaired) electrons. The van der Waals surface area contributed by atoms with Crippen LogP contribution >= 0.6 is 0 Å². The second-order valence-electron chi connectivity index (χ2n) is 3.91. The molecule has 0 aliphatic heterocycles. The predicted octanol–water partition coefficient (Wildman–Crippen LogP) is 2.12. The molecule has 0 aromatic heterocycles. The molecule has 5 heteroatoms. The summed E-state index contributed by atoms with van der Waals surface area (Å²) in [6.45, 7) is 2.58. The molecule has 1 atom stereocenters. The van der Waals surface area contributed by atoms with Crippen LogP contribution in [0.2, 0.25) is 0 Å². The van der Waals surface area contributed by atoms with Gasteiger partial charge in [0.15, 0.2) is 0 Å². The molecule has 0 saturated heterocycles. The molecule has 0 fully saturated rings. The molecule has 0 aliphatic rings. The van der Waals surface area contributed by atoms with Gasteiger partial charge in [0.1, 0.15) is 5.75 Å². The second kappa shape index (κ2) is 6.64. The number of carboxylic acids is 2. The first-order valence-electron chi connectivity index (χ1n) is 5.72. The van der Waals surface area contributed by atoms with Crippen molar-refractivity contribution in [1.82, 2.24) is 0 Å². The molecular weight excluding hydrogens is 236 g/mol. The van der Waals surface area contributed by atoms with E-state index in [1.807, 2.05) is 6.92 Å². The van der Waals surface area contributed by atoms with Crippen LogP contribution in [0.15, 0.2) is 24.3 Å². The standard InChI is InChI=1S/C13H16O5/c1-2-7-18-10-5-3-9(4-6-10)11(13(16)17)8-12(14)15/h3-6,11H,2,7-8H2,1H3,(H,14,15)(H,16,17). The molecule has 2 N–H and O–H groups in total. The Bertz CT molecular complexity index is 410. The summed E-state index contributed by atoms with van der Waals surface area (Å²) in [7, 11) is 0. The number of ether oxygens (including phenoxy) is 1. The van der Waals surface area contributed by atoms with Crippen LogP contribution in [-0.2, 0) is 9.59 Å². The highest BCUT2D eigenvalue weighted by Gasteiger charge is 2.22. The second-order valence-corrected chi connectivity index (χ2v) is 3.91. The number of rotatable bonds is 7. The van der Waals surface area contributed by atoms with E-state index in [1.165, 1.54) is 0 Å². The molecule has 1 aromatic carbocycles. The number of hydrogen-bond acceptors (Lipinski definition) is 3. The summed E-state index contributed by atoms with van der Waals surface area (Å²) in [4.78, 5) is 21.6. The molecule has 0 heterocycles. The van der Waals surface area contributed by atoms with Crippen molar-refractivity contribution in [2.24, 2.45) is 0 Å². The maximum Gasteiger partial charge on any atom is 0.311 e. The summed E-state index contributed by atoms with van der Waals surface area (Å²) in [6, 6.07) is 6.49. The van der Waals surface area contributed by atoms with E-state index in [4.69, 9.17) is 14.9 Å². The highest BCUT2D eigenvalue weighted by atomic mass is 16.5. The van der Waals surface area contributed by atoms with E-state index in [-0.39, 0.29) is 0 Å². The number of carbonyl (C=O) groups is 2. The van der Waals surface area contributed by atoms with Crippen LogP contribution in [0.5, 0.6) is 5.75 Å². The van der Waals surface area contributed by atoms with Crippen LogP contribution in [0, 0.1) is 0 Å². The van der Waals surface area contributed by atoms with Crippen molar-refractivity contribution >= 4 is 11.9 Å². The fourth-order valence-corrected chi connectivity index (χ4v) is 1.54. The zero-order chi connectivity index (χ0) is 13.5. The Morgan fingerprint density at radius 3 is 2.28 bits per heavy atom. The van der Waals surface area contributed by atoms with Gasteiger partial charge < -0.3 is 14.9 Å². The molecule has 1 unspecified atom stereocenters. The van der Waals surface area contributed by atoms with Crippen molar-refractivity contribution in [3.63, 3.8) is 0 Å². The lowest BCUT2D eigenvalue weighted by Crippen LogP contribution is -2.15. The highest BCUT2D eigenvalue weighted by Crippen LogP contribution is 2.23. The van der Waals surface area contributed by atoms with Crippen LogP contribution in [0.25, 0.3) is 0 Å². The summed E-state index contributed by atoms with van der Waals surface area (Å²) in [5.41, 5.74) is 0.466. The Hall–Kier alpha value is -2.04. The van der Waals surface area contributed by atoms with E-state index in [0.29, 0.717) is 17.9 Å². The van der Waals surface area contributed by atoms with Gasteiger partial charge in [0.2, 0.25) is 0 Å². The molecule has 0 spiro atoms. The number of benzene rings is 1. The number of hydrogen-bond donors (Lipinski definition) is 2. The van der Waals surface area contributed by atoms with Crippen LogP contribution in [0.1, 0.15) is 31.2 Å². The van der Waals surface area contributed by atoms with Crippen molar-refractivity contribution in [3.05, 3.63) is 29.8 Å². The van der Waals surface area contributed by atoms with Gasteiger partial charge in [-0.05, 0) is 24.1 Å². The van der Waals surface area contributed by atoms with Gasteiger partial charge in [0.05, 0.1) is 18.9 Å². The minimum atomic E-state index is -1.14. The lowest BCUT2D eigenvalue weighted by Gasteiger charge is -2.11. The molecule has 18 heavy (non-hydrogen) atoms. The smallest absolute Gasteiger partial charge is 0.311 e. The van der Waals surface area contributed by atoms with Gasteiger partial charge in [-0.1, -0.05) is 19.1 Å². The molecule has 0 aliphatic carbocycles. The number of aliphatic carboxylic acids is 2. The van der Waals surface area contributed by atoms with E-state index < -0.39 is 24.3 Å². The summed E-state index contributed by atoms with van der Waals surface area (Å²) < 4.78 is 5.37. The maximum absolute atomic E-state index is 11.0. The Labute approximate surface area is 105 Å².